The van der Waals surface area contributed by atoms with Crippen LogP contribution in [-0.4, -0.2) is 44.0 Å². The van der Waals surface area contributed by atoms with Gasteiger partial charge in [-0.25, -0.2) is 5.43 Å². The molecule has 0 aliphatic rings. The van der Waals surface area contributed by atoms with E-state index in [0.717, 1.165) is 30.2 Å². The van der Waals surface area contributed by atoms with Crippen molar-refractivity contribution in [3.05, 3.63) is 48.0 Å². The van der Waals surface area contributed by atoms with E-state index in [9.17, 15) is 9.90 Å². The van der Waals surface area contributed by atoms with Crippen molar-refractivity contribution in [2.75, 3.05) is 37.0 Å². The molecule has 2 aromatic rings. The lowest BCUT2D eigenvalue weighted by Crippen LogP contribution is -2.25. The third-order valence-electron chi connectivity index (χ3n) is 4.08. The molecule has 0 unspecified atom stereocenters. The molecule has 27 heavy (non-hydrogen) atoms. The number of hydrogen-bond donors (Lipinski definition) is 3. The zero-order valence-corrected chi connectivity index (χ0v) is 15.9. The highest BCUT2D eigenvalue weighted by atomic mass is 16.5. The van der Waals surface area contributed by atoms with Crippen molar-refractivity contribution in [1.29, 1.82) is 0 Å². The van der Waals surface area contributed by atoms with E-state index in [1.807, 2.05) is 30.3 Å². The van der Waals surface area contributed by atoms with Crippen LogP contribution >= 0.6 is 0 Å². The molecule has 0 heterocycles. The standard InChI is InChI=1S/C20H26N4O3/c1-4-24(5-2)17-9-6-15(19(25)12-17)13-22-23-20(26)14-21-16-7-10-18(27-3)11-8-16/h6-13,21,25H,4-5,14H2,1-3H3,(H,23,26)/b22-13+. The monoisotopic (exact) mass is 370 g/mol. The van der Waals surface area contributed by atoms with Crippen molar-refractivity contribution in [2.24, 2.45) is 5.10 Å². The average molecular weight is 370 g/mol. The number of hydrogen-bond acceptors (Lipinski definition) is 6. The van der Waals surface area contributed by atoms with Crippen LogP contribution in [0.5, 0.6) is 11.5 Å². The number of carbonyl (C=O) groups excluding carboxylic acids is 1. The third kappa shape index (κ3) is 5.91. The Morgan fingerprint density at radius 2 is 1.89 bits per heavy atom. The highest BCUT2D eigenvalue weighted by molar-refractivity contribution is 5.86. The van der Waals surface area contributed by atoms with Crippen LogP contribution in [0.15, 0.2) is 47.6 Å². The maximum absolute atomic E-state index is 11.9. The van der Waals surface area contributed by atoms with E-state index in [1.54, 1.807) is 19.2 Å². The fourth-order valence-electron chi connectivity index (χ4n) is 2.53. The number of amides is 1. The van der Waals surface area contributed by atoms with Gasteiger partial charge in [0.1, 0.15) is 11.5 Å². The molecular weight excluding hydrogens is 344 g/mol. The summed E-state index contributed by atoms with van der Waals surface area (Å²) in [5.41, 5.74) is 4.72. The van der Waals surface area contributed by atoms with Gasteiger partial charge in [0.2, 0.25) is 0 Å². The fraction of sp³-hybridized carbons (Fsp3) is 0.300. The molecule has 0 radical (unpaired) electrons. The van der Waals surface area contributed by atoms with Crippen molar-refractivity contribution >= 4 is 23.5 Å². The Hall–Kier alpha value is -3.22. The first-order valence-electron chi connectivity index (χ1n) is 8.85. The van der Waals surface area contributed by atoms with Crippen molar-refractivity contribution in [2.45, 2.75) is 13.8 Å². The minimum atomic E-state index is -0.290. The summed E-state index contributed by atoms with van der Waals surface area (Å²) in [4.78, 5) is 14.0. The lowest BCUT2D eigenvalue weighted by atomic mass is 10.2. The van der Waals surface area contributed by atoms with Crippen LogP contribution in [0, 0.1) is 0 Å². The normalized spacial score (nSPS) is 10.6. The molecule has 2 rings (SSSR count). The molecule has 0 spiro atoms. The van der Waals surface area contributed by atoms with Crippen molar-refractivity contribution < 1.29 is 14.6 Å². The van der Waals surface area contributed by atoms with Crippen molar-refractivity contribution in [1.82, 2.24) is 5.43 Å². The van der Waals surface area contributed by atoms with Gasteiger partial charge in [-0.15, -0.1) is 0 Å². The predicted molar refractivity (Wildman–Crippen MR) is 109 cm³/mol. The zero-order chi connectivity index (χ0) is 19.6. The van der Waals surface area contributed by atoms with E-state index < -0.39 is 0 Å². The Kier molecular flexibility index (Phi) is 7.49. The van der Waals surface area contributed by atoms with Crippen LogP contribution in [-0.2, 0) is 4.79 Å². The molecule has 1 amide bonds. The Bertz CT molecular complexity index is 771. The van der Waals surface area contributed by atoms with Gasteiger partial charge in [-0.2, -0.15) is 5.10 Å². The maximum atomic E-state index is 11.9. The van der Waals surface area contributed by atoms with Gasteiger partial charge in [-0.05, 0) is 50.2 Å². The lowest BCUT2D eigenvalue weighted by Gasteiger charge is -2.21. The number of aromatic hydroxyl groups is 1. The lowest BCUT2D eigenvalue weighted by molar-refractivity contribution is -0.119. The second-order valence-electron chi connectivity index (χ2n) is 5.79. The maximum Gasteiger partial charge on any atom is 0.259 e. The minimum Gasteiger partial charge on any atom is -0.507 e. The van der Waals surface area contributed by atoms with E-state index >= 15 is 0 Å². The SMILES string of the molecule is CCN(CC)c1ccc(/C=N/NC(=O)CNc2ccc(OC)cc2)c(O)c1. The van der Waals surface area contributed by atoms with Gasteiger partial charge in [-0.3, -0.25) is 4.79 Å². The molecule has 0 aliphatic carbocycles. The molecule has 144 valence electrons. The quantitative estimate of drug-likeness (QED) is 0.467. The van der Waals surface area contributed by atoms with Crippen molar-refractivity contribution in [3.63, 3.8) is 0 Å². The van der Waals surface area contributed by atoms with Crippen LogP contribution < -0.4 is 20.4 Å². The number of methoxy groups -OCH3 is 1. The van der Waals surface area contributed by atoms with E-state index in [0.29, 0.717) is 5.56 Å². The number of ether oxygens (including phenoxy) is 1. The number of nitrogens with zero attached hydrogens (tertiary/aromatic N) is 2. The Balaban J connectivity index is 1.85. The van der Waals surface area contributed by atoms with E-state index in [4.69, 9.17) is 4.74 Å². The molecular formula is C20H26N4O3. The number of phenolic OH excluding ortho intramolecular Hbond substituents is 1. The molecule has 0 fully saturated rings. The van der Waals surface area contributed by atoms with Gasteiger partial charge >= 0.3 is 0 Å². The van der Waals surface area contributed by atoms with Crippen LogP contribution in [0.25, 0.3) is 0 Å². The van der Waals surface area contributed by atoms with E-state index in [1.165, 1.54) is 6.21 Å². The fourth-order valence-corrected chi connectivity index (χ4v) is 2.53. The summed E-state index contributed by atoms with van der Waals surface area (Å²) in [5, 5.41) is 17.0. The molecule has 0 saturated heterocycles. The molecule has 0 atom stereocenters. The highest BCUT2D eigenvalue weighted by Gasteiger charge is 2.06. The number of hydrazone groups is 1. The summed E-state index contributed by atoms with van der Waals surface area (Å²) in [6.07, 6.45) is 1.42. The topological polar surface area (TPSA) is 86.2 Å². The van der Waals surface area contributed by atoms with Crippen LogP contribution in [0.2, 0.25) is 0 Å². The minimum absolute atomic E-state index is 0.0799. The summed E-state index contributed by atoms with van der Waals surface area (Å²) in [7, 11) is 1.60. The molecule has 0 aliphatic heterocycles. The van der Waals surface area contributed by atoms with Gasteiger partial charge in [0, 0.05) is 36.1 Å². The second kappa shape index (κ2) is 10.1. The molecule has 0 aromatic heterocycles. The number of phenols is 1. The van der Waals surface area contributed by atoms with E-state index in [-0.39, 0.29) is 18.2 Å². The van der Waals surface area contributed by atoms with Gasteiger partial charge in [0.25, 0.3) is 5.91 Å². The third-order valence-corrected chi connectivity index (χ3v) is 4.08. The number of nitrogens with one attached hydrogen (secondary N) is 2. The molecule has 3 N–H and O–H groups in total. The van der Waals surface area contributed by atoms with E-state index in [2.05, 4.69) is 34.6 Å². The predicted octanol–water partition coefficient (Wildman–Crippen LogP) is 2.81. The van der Waals surface area contributed by atoms with Gasteiger partial charge in [0.05, 0.1) is 19.9 Å². The Morgan fingerprint density at radius 1 is 1.19 bits per heavy atom. The second-order valence-corrected chi connectivity index (χ2v) is 5.79. The first-order valence-corrected chi connectivity index (χ1v) is 8.85. The number of benzene rings is 2. The number of anilines is 2. The molecule has 2 aromatic carbocycles. The van der Waals surface area contributed by atoms with Crippen LogP contribution in [0.3, 0.4) is 0 Å². The smallest absolute Gasteiger partial charge is 0.259 e. The van der Waals surface area contributed by atoms with Gasteiger partial charge < -0.3 is 20.1 Å². The summed E-state index contributed by atoms with van der Waals surface area (Å²) in [6.45, 7) is 5.93. The number of carbonyl (C=O) groups is 1. The highest BCUT2D eigenvalue weighted by Crippen LogP contribution is 2.23. The molecule has 7 heteroatoms. The summed E-state index contributed by atoms with van der Waals surface area (Å²) < 4.78 is 5.08. The molecule has 0 saturated carbocycles. The van der Waals surface area contributed by atoms with Gasteiger partial charge in [0.15, 0.2) is 0 Å². The first-order chi connectivity index (χ1) is 13.1. The molecule has 0 bridgehead atoms. The average Bonchev–Trinajstić information content (AvgIpc) is 2.69. The van der Waals surface area contributed by atoms with Crippen molar-refractivity contribution in [3.8, 4) is 11.5 Å². The largest absolute Gasteiger partial charge is 0.507 e. The van der Waals surface area contributed by atoms with Gasteiger partial charge in [-0.1, -0.05) is 0 Å². The first kappa shape index (κ1) is 20.1. The molecule has 7 nitrogen and oxygen atoms in total. The van der Waals surface area contributed by atoms with Crippen LogP contribution in [0.1, 0.15) is 19.4 Å². The number of rotatable bonds is 9. The summed E-state index contributed by atoms with van der Waals surface area (Å²) in [6, 6.07) is 12.7. The van der Waals surface area contributed by atoms with Crippen LogP contribution in [0.4, 0.5) is 11.4 Å². The summed E-state index contributed by atoms with van der Waals surface area (Å²) in [5.74, 6) is 0.580. The Labute approximate surface area is 159 Å². The Morgan fingerprint density at radius 3 is 2.48 bits per heavy atom. The summed E-state index contributed by atoms with van der Waals surface area (Å²) >= 11 is 0. The zero-order valence-electron chi connectivity index (χ0n) is 15.9.